The first-order valence-electron chi connectivity index (χ1n) is 6.49. The largest absolute Gasteiger partial charge is 0.463 e. The Morgan fingerprint density at radius 1 is 1.20 bits per heavy atom. The van der Waals surface area contributed by atoms with E-state index in [9.17, 15) is 13.2 Å². The molecular formula is C14H20O5S. The van der Waals surface area contributed by atoms with Crippen LogP contribution in [0.1, 0.15) is 25.8 Å². The number of hydrogen-bond donors (Lipinski definition) is 0. The molecule has 0 aliphatic rings. The number of hydrogen-bond acceptors (Lipinski definition) is 5. The number of carbonyl (C=O) groups is 1. The summed E-state index contributed by atoms with van der Waals surface area (Å²) in [5.41, 5.74) is 0.964. The predicted molar refractivity (Wildman–Crippen MR) is 74.7 cm³/mol. The highest BCUT2D eigenvalue weighted by Crippen LogP contribution is 2.13. The van der Waals surface area contributed by atoms with Crippen LogP contribution in [0.2, 0.25) is 0 Å². The Balaban J connectivity index is 2.45. The van der Waals surface area contributed by atoms with Gasteiger partial charge in [-0.05, 0) is 25.5 Å². The van der Waals surface area contributed by atoms with Crippen molar-refractivity contribution < 1.29 is 22.1 Å². The fourth-order valence-corrected chi connectivity index (χ4v) is 2.26. The van der Waals surface area contributed by atoms with E-state index in [0.29, 0.717) is 6.42 Å². The molecule has 0 aromatic heterocycles. The lowest BCUT2D eigenvalue weighted by Crippen LogP contribution is -2.18. The Hall–Kier alpha value is -1.40. The average Bonchev–Trinajstić information content (AvgIpc) is 2.43. The third kappa shape index (κ3) is 4.94. The van der Waals surface area contributed by atoms with Crippen molar-refractivity contribution in [2.75, 3.05) is 13.2 Å². The highest BCUT2D eigenvalue weighted by molar-refractivity contribution is 7.86. The van der Waals surface area contributed by atoms with Gasteiger partial charge in [0.2, 0.25) is 0 Å². The molecule has 20 heavy (non-hydrogen) atoms. The zero-order chi connectivity index (χ0) is 15.2. The fourth-order valence-electron chi connectivity index (χ4n) is 1.37. The molecule has 0 saturated carbocycles. The molecule has 0 spiro atoms. The van der Waals surface area contributed by atoms with Crippen LogP contribution in [0, 0.1) is 12.8 Å². The second kappa shape index (κ2) is 7.40. The number of carbonyl (C=O) groups excluding carboxylic acids is 1. The van der Waals surface area contributed by atoms with E-state index in [1.165, 1.54) is 12.1 Å². The molecule has 0 N–H and O–H groups in total. The zero-order valence-corrected chi connectivity index (χ0v) is 12.8. The first-order valence-corrected chi connectivity index (χ1v) is 7.90. The second-order valence-corrected chi connectivity index (χ2v) is 6.18. The molecule has 1 rings (SSSR count). The topological polar surface area (TPSA) is 69.7 Å². The molecule has 0 radical (unpaired) electrons. The average molecular weight is 300 g/mol. The summed E-state index contributed by atoms with van der Waals surface area (Å²) in [6.07, 6.45) is 0.682. The molecule has 1 unspecified atom stereocenters. The molecule has 0 bridgehead atoms. The molecule has 0 saturated heterocycles. The summed E-state index contributed by atoms with van der Waals surface area (Å²) >= 11 is 0. The molecule has 112 valence electrons. The van der Waals surface area contributed by atoms with Crippen LogP contribution >= 0.6 is 0 Å². The fraction of sp³-hybridized carbons (Fsp3) is 0.500. The smallest absolute Gasteiger partial charge is 0.308 e. The van der Waals surface area contributed by atoms with Gasteiger partial charge in [-0.15, -0.1) is 0 Å². The highest BCUT2D eigenvalue weighted by Gasteiger charge is 2.16. The van der Waals surface area contributed by atoms with Gasteiger partial charge < -0.3 is 4.74 Å². The van der Waals surface area contributed by atoms with Crippen LogP contribution < -0.4 is 0 Å². The standard InChI is InChI=1S/C14H20O5S/c1-4-12(3)14(15)18-9-10-19-20(16,17)13-7-5-11(2)6-8-13/h5-8,12H,4,9-10H2,1-3H3. The van der Waals surface area contributed by atoms with Crippen molar-refractivity contribution in [3.63, 3.8) is 0 Å². The van der Waals surface area contributed by atoms with Crippen molar-refractivity contribution in [3.8, 4) is 0 Å². The van der Waals surface area contributed by atoms with E-state index >= 15 is 0 Å². The van der Waals surface area contributed by atoms with Crippen LogP contribution in [0.3, 0.4) is 0 Å². The summed E-state index contributed by atoms with van der Waals surface area (Å²) in [7, 11) is -3.79. The Morgan fingerprint density at radius 3 is 2.35 bits per heavy atom. The van der Waals surface area contributed by atoms with Gasteiger partial charge in [-0.1, -0.05) is 31.5 Å². The molecule has 6 heteroatoms. The van der Waals surface area contributed by atoms with Gasteiger partial charge in [-0.25, -0.2) is 0 Å². The second-order valence-electron chi connectivity index (χ2n) is 4.57. The van der Waals surface area contributed by atoms with Crippen molar-refractivity contribution >= 4 is 16.1 Å². The normalized spacial score (nSPS) is 12.9. The minimum atomic E-state index is -3.79. The van der Waals surface area contributed by atoms with Crippen molar-refractivity contribution in [1.29, 1.82) is 0 Å². The van der Waals surface area contributed by atoms with Gasteiger partial charge in [0, 0.05) is 0 Å². The molecule has 0 aliphatic heterocycles. The lowest BCUT2D eigenvalue weighted by molar-refractivity contribution is -0.148. The van der Waals surface area contributed by atoms with Crippen molar-refractivity contribution in [2.45, 2.75) is 32.1 Å². The lowest BCUT2D eigenvalue weighted by Gasteiger charge is -2.09. The monoisotopic (exact) mass is 300 g/mol. The van der Waals surface area contributed by atoms with Crippen LogP contribution in [0.15, 0.2) is 29.2 Å². The van der Waals surface area contributed by atoms with E-state index in [1.807, 2.05) is 13.8 Å². The number of ether oxygens (including phenoxy) is 1. The van der Waals surface area contributed by atoms with E-state index < -0.39 is 10.1 Å². The van der Waals surface area contributed by atoms with E-state index in [2.05, 4.69) is 0 Å². The maximum absolute atomic E-state index is 11.8. The Morgan fingerprint density at radius 2 is 1.80 bits per heavy atom. The van der Waals surface area contributed by atoms with Crippen LogP contribution in [0.25, 0.3) is 0 Å². The Kier molecular flexibility index (Phi) is 6.16. The number of benzene rings is 1. The van der Waals surface area contributed by atoms with E-state index in [-0.39, 0.29) is 30.0 Å². The maximum Gasteiger partial charge on any atom is 0.308 e. The Bertz CT molecular complexity index is 533. The van der Waals surface area contributed by atoms with Gasteiger partial charge in [-0.3, -0.25) is 8.98 Å². The summed E-state index contributed by atoms with van der Waals surface area (Å²) < 4.78 is 33.4. The first kappa shape index (κ1) is 16.7. The van der Waals surface area contributed by atoms with Gasteiger partial charge in [0.25, 0.3) is 10.1 Å². The molecule has 5 nitrogen and oxygen atoms in total. The van der Waals surface area contributed by atoms with Crippen LogP contribution in [-0.4, -0.2) is 27.6 Å². The van der Waals surface area contributed by atoms with Crippen LogP contribution in [0.5, 0.6) is 0 Å². The zero-order valence-electron chi connectivity index (χ0n) is 12.0. The number of rotatable bonds is 7. The lowest BCUT2D eigenvalue weighted by atomic mass is 10.1. The Labute approximate surface area is 120 Å². The van der Waals surface area contributed by atoms with Crippen LogP contribution in [0.4, 0.5) is 0 Å². The van der Waals surface area contributed by atoms with Gasteiger partial charge in [0.15, 0.2) is 0 Å². The minimum Gasteiger partial charge on any atom is -0.463 e. The molecule has 1 atom stereocenters. The van der Waals surface area contributed by atoms with Crippen molar-refractivity contribution in [1.82, 2.24) is 0 Å². The number of aryl methyl sites for hydroxylation is 1. The molecule has 1 aromatic rings. The molecule has 0 aliphatic carbocycles. The predicted octanol–water partition coefficient (Wildman–Crippen LogP) is 2.29. The van der Waals surface area contributed by atoms with E-state index in [0.717, 1.165) is 5.56 Å². The molecular weight excluding hydrogens is 280 g/mol. The van der Waals surface area contributed by atoms with Gasteiger partial charge in [0.1, 0.15) is 13.2 Å². The third-order valence-electron chi connectivity index (χ3n) is 2.89. The highest BCUT2D eigenvalue weighted by atomic mass is 32.2. The number of esters is 1. The van der Waals surface area contributed by atoms with Crippen molar-refractivity contribution in [3.05, 3.63) is 29.8 Å². The van der Waals surface area contributed by atoms with Gasteiger partial charge >= 0.3 is 5.97 Å². The summed E-state index contributed by atoms with van der Waals surface area (Å²) in [4.78, 5) is 11.5. The van der Waals surface area contributed by atoms with Crippen LogP contribution in [-0.2, 0) is 23.8 Å². The first-order chi connectivity index (χ1) is 9.36. The van der Waals surface area contributed by atoms with E-state index in [1.54, 1.807) is 19.1 Å². The minimum absolute atomic E-state index is 0.0751. The van der Waals surface area contributed by atoms with Gasteiger partial charge in [-0.2, -0.15) is 8.42 Å². The van der Waals surface area contributed by atoms with Crippen molar-refractivity contribution in [2.24, 2.45) is 5.92 Å². The third-order valence-corrected chi connectivity index (χ3v) is 4.22. The van der Waals surface area contributed by atoms with E-state index in [4.69, 9.17) is 8.92 Å². The summed E-state index contributed by atoms with van der Waals surface area (Å²) in [6.45, 7) is 5.24. The molecule has 0 amide bonds. The molecule has 1 aromatic carbocycles. The summed E-state index contributed by atoms with van der Waals surface area (Å²) in [5.74, 6) is -0.535. The summed E-state index contributed by atoms with van der Waals surface area (Å²) in [6, 6.07) is 6.35. The molecule has 0 heterocycles. The summed E-state index contributed by atoms with van der Waals surface area (Å²) in [5, 5.41) is 0. The molecule has 0 fully saturated rings. The maximum atomic E-state index is 11.8. The quantitative estimate of drug-likeness (QED) is 0.439. The van der Waals surface area contributed by atoms with Gasteiger partial charge in [0.05, 0.1) is 10.8 Å². The SMILES string of the molecule is CCC(C)C(=O)OCCOS(=O)(=O)c1ccc(C)cc1.